The molecule has 1 aliphatic heterocycles. The van der Waals surface area contributed by atoms with Gasteiger partial charge in [-0.3, -0.25) is 0 Å². The summed E-state index contributed by atoms with van der Waals surface area (Å²) < 4.78 is 0. The van der Waals surface area contributed by atoms with Gasteiger partial charge in [-0.25, -0.2) is 4.99 Å². The second kappa shape index (κ2) is 3.79. The minimum absolute atomic E-state index is 0.544. The van der Waals surface area contributed by atoms with Crippen molar-refractivity contribution in [3.05, 3.63) is 0 Å². The summed E-state index contributed by atoms with van der Waals surface area (Å²) in [6.45, 7) is 6.78. The average molecular weight is 195 g/mol. The maximum atomic E-state index is 5.99. The Balaban J connectivity index is 1.94. The van der Waals surface area contributed by atoms with Crippen LogP contribution in [-0.2, 0) is 0 Å². The quantitative estimate of drug-likeness (QED) is 0.508. The number of aliphatic imine (C=N–C) groups is 1. The van der Waals surface area contributed by atoms with E-state index in [1.54, 1.807) is 0 Å². The molecule has 1 saturated carbocycles. The lowest BCUT2D eigenvalue weighted by Crippen LogP contribution is -2.46. The minimum Gasteiger partial charge on any atom is -0.370 e. The standard InChI is InChI=1S/C11H21N3/c1-8-5-9(2)7-14(6-8)11(12)13-10-3-4-10/h8-10H,3-7H2,1-2H3,(H2,12,13). The third-order valence-electron chi connectivity index (χ3n) is 3.05. The van der Waals surface area contributed by atoms with Crippen LogP contribution in [0.5, 0.6) is 0 Å². The molecule has 2 aliphatic rings. The molecule has 0 aromatic heterocycles. The number of likely N-dealkylation sites (tertiary alicyclic amines) is 1. The Bertz CT molecular complexity index is 223. The molecule has 2 N–H and O–H groups in total. The predicted molar refractivity (Wildman–Crippen MR) is 59.2 cm³/mol. The molecule has 0 amide bonds. The van der Waals surface area contributed by atoms with Gasteiger partial charge in [-0.05, 0) is 31.1 Å². The highest BCUT2D eigenvalue weighted by Gasteiger charge is 2.26. The maximum absolute atomic E-state index is 5.99. The van der Waals surface area contributed by atoms with E-state index in [4.69, 9.17) is 5.73 Å². The molecule has 1 saturated heterocycles. The lowest BCUT2D eigenvalue weighted by molar-refractivity contribution is 0.211. The first kappa shape index (κ1) is 9.81. The summed E-state index contributed by atoms with van der Waals surface area (Å²) in [6.07, 6.45) is 3.80. The molecule has 14 heavy (non-hydrogen) atoms. The Hall–Kier alpha value is -0.730. The van der Waals surface area contributed by atoms with Crippen LogP contribution in [0.2, 0.25) is 0 Å². The zero-order chi connectivity index (χ0) is 10.1. The van der Waals surface area contributed by atoms with Gasteiger partial charge in [-0.1, -0.05) is 13.8 Å². The lowest BCUT2D eigenvalue weighted by Gasteiger charge is -2.35. The summed E-state index contributed by atoms with van der Waals surface area (Å²) in [6, 6.07) is 0.544. The topological polar surface area (TPSA) is 41.6 Å². The highest BCUT2D eigenvalue weighted by atomic mass is 15.3. The van der Waals surface area contributed by atoms with E-state index in [1.807, 2.05) is 0 Å². The molecular weight excluding hydrogens is 174 g/mol. The van der Waals surface area contributed by atoms with E-state index < -0.39 is 0 Å². The molecule has 0 aromatic carbocycles. The van der Waals surface area contributed by atoms with Gasteiger partial charge in [0.2, 0.25) is 0 Å². The van der Waals surface area contributed by atoms with Gasteiger partial charge in [0, 0.05) is 13.1 Å². The normalized spacial score (nSPS) is 34.7. The summed E-state index contributed by atoms with van der Waals surface area (Å²) in [7, 11) is 0. The van der Waals surface area contributed by atoms with Crippen molar-refractivity contribution < 1.29 is 0 Å². The second-order valence-corrected chi connectivity index (χ2v) is 5.07. The number of hydrogen-bond acceptors (Lipinski definition) is 1. The van der Waals surface area contributed by atoms with E-state index in [1.165, 1.54) is 19.3 Å². The van der Waals surface area contributed by atoms with E-state index >= 15 is 0 Å². The van der Waals surface area contributed by atoms with Gasteiger partial charge in [-0.2, -0.15) is 0 Å². The Labute approximate surface area is 86.4 Å². The molecule has 80 valence electrons. The van der Waals surface area contributed by atoms with Crippen LogP contribution in [0.3, 0.4) is 0 Å². The zero-order valence-electron chi connectivity index (χ0n) is 9.24. The van der Waals surface area contributed by atoms with Crippen LogP contribution < -0.4 is 5.73 Å². The highest BCUT2D eigenvalue weighted by molar-refractivity contribution is 5.78. The first-order valence-electron chi connectivity index (χ1n) is 5.73. The Morgan fingerprint density at radius 3 is 2.29 bits per heavy atom. The van der Waals surface area contributed by atoms with Crippen LogP contribution in [-0.4, -0.2) is 30.0 Å². The van der Waals surface area contributed by atoms with Crippen LogP contribution in [0.25, 0.3) is 0 Å². The van der Waals surface area contributed by atoms with Crippen LogP contribution in [0.15, 0.2) is 4.99 Å². The average Bonchev–Trinajstić information content (AvgIpc) is 2.86. The van der Waals surface area contributed by atoms with Gasteiger partial charge in [0.05, 0.1) is 6.04 Å². The third-order valence-corrected chi connectivity index (χ3v) is 3.05. The number of piperidine rings is 1. The van der Waals surface area contributed by atoms with Crippen molar-refractivity contribution in [2.45, 2.75) is 39.2 Å². The number of guanidine groups is 1. The van der Waals surface area contributed by atoms with Crippen molar-refractivity contribution in [3.63, 3.8) is 0 Å². The summed E-state index contributed by atoms with van der Waals surface area (Å²) in [5.41, 5.74) is 5.99. The van der Waals surface area contributed by atoms with E-state index in [0.717, 1.165) is 30.9 Å². The molecule has 0 aromatic rings. The summed E-state index contributed by atoms with van der Waals surface area (Å²) in [4.78, 5) is 6.76. The monoisotopic (exact) mass is 195 g/mol. The highest BCUT2D eigenvalue weighted by Crippen LogP contribution is 2.25. The van der Waals surface area contributed by atoms with Gasteiger partial charge in [0.25, 0.3) is 0 Å². The minimum atomic E-state index is 0.544. The van der Waals surface area contributed by atoms with Crippen LogP contribution in [0.1, 0.15) is 33.1 Å². The predicted octanol–water partition coefficient (Wildman–Crippen LogP) is 1.44. The SMILES string of the molecule is CC1CC(C)CN(C(N)=NC2CC2)C1. The lowest BCUT2D eigenvalue weighted by atomic mass is 9.92. The van der Waals surface area contributed by atoms with Crippen molar-refractivity contribution in [1.82, 2.24) is 4.90 Å². The van der Waals surface area contributed by atoms with Crippen LogP contribution in [0.4, 0.5) is 0 Å². The molecule has 0 bridgehead atoms. The van der Waals surface area contributed by atoms with Crippen molar-refractivity contribution >= 4 is 5.96 Å². The number of nitrogens with zero attached hydrogens (tertiary/aromatic N) is 2. The van der Waals surface area contributed by atoms with Gasteiger partial charge >= 0.3 is 0 Å². The van der Waals surface area contributed by atoms with Gasteiger partial charge < -0.3 is 10.6 Å². The first-order chi connectivity index (χ1) is 6.65. The summed E-state index contributed by atoms with van der Waals surface area (Å²) >= 11 is 0. The van der Waals surface area contributed by atoms with Gasteiger partial charge in [-0.15, -0.1) is 0 Å². The van der Waals surface area contributed by atoms with Gasteiger partial charge in [0.1, 0.15) is 0 Å². The van der Waals surface area contributed by atoms with Gasteiger partial charge in [0.15, 0.2) is 5.96 Å². The third kappa shape index (κ3) is 2.40. The fourth-order valence-electron chi connectivity index (χ4n) is 2.32. The zero-order valence-corrected chi connectivity index (χ0v) is 9.24. The van der Waals surface area contributed by atoms with Crippen molar-refractivity contribution in [1.29, 1.82) is 0 Å². The van der Waals surface area contributed by atoms with Crippen molar-refractivity contribution in [2.75, 3.05) is 13.1 Å². The van der Waals surface area contributed by atoms with Crippen molar-refractivity contribution in [3.8, 4) is 0 Å². The smallest absolute Gasteiger partial charge is 0.191 e. The fourth-order valence-corrected chi connectivity index (χ4v) is 2.32. The second-order valence-electron chi connectivity index (χ2n) is 5.07. The Kier molecular flexibility index (Phi) is 2.66. The molecule has 1 aliphatic carbocycles. The molecule has 2 rings (SSSR count). The molecule has 3 heteroatoms. The Morgan fingerprint density at radius 2 is 1.79 bits per heavy atom. The molecule has 2 unspecified atom stereocenters. The largest absolute Gasteiger partial charge is 0.370 e. The van der Waals surface area contributed by atoms with Crippen LogP contribution in [0, 0.1) is 11.8 Å². The van der Waals surface area contributed by atoms with E-state index in [0.29, 0.717) is 6.04 Å². The van der Waals surface area contributed by atoms with E-state index in [9.17, 15) is 0 Å². The molecule has 2 fully saturated rings. The fraction of sp³-hybridized carbons (Fsp3) is 0.909. The number of nitrogens with two attached hydrogens (primary N) is 1. The van der Waals surface area contributed by atoms with Crippen molar-refractivity contribution in [2.24, 2.45) is 22.6 Å². The molecule has 1 heterocycles. The molecular formula is C11H21N3. The van der Waals surface area contributed by atoms with Crippen LogP contribution >= 0.6 is 0 Å². The number of hydrogen-bond donors (Lipinski definition) is 1. The molecule has 2 atom stereocenters. The first-order valence-corrected chi connectivity index (χ1v) is 5.73. The van der Waals surface area contributed by atoms with E-state index in [-0.39, 0.29) is 0 Å². The number of rotatable bonds is 1. The molecule has 0 spiro atoms. The summed E-state index contributed by atoms with van der Waals surface area (Å²) in [5.74, 6) is 2.30. The molecule has 0 radical (unpaired) electrons. The summed E-state index contributed by atoms with van der Waals surface area (Å²) in [5, 5.41) is 0. The maximum Gasteiger partial charge on any atom is 0.191 e. The molecule has 3 nitrogen and oxygen atoms in total. The Morgan fingerprint density at radius 1 is 1.21 bits per heavy atom. The van der Waals surface area contributed by atoms with E-state index in [2.05, 4.69) is 23.7 Å².